The van der Waals surface area contributed by atoms with Gasteiger partial charge >= 0.3 is 0 Å². The predicted molar refractivity (Wildman–Crippen MR) is 111 cm³/mol. The van der Waals surface area contributed by atoms with Gasteiger partial charge in [0.05, 0.1) is 13.2 Å². The summed E-state index contributed by atoms with van der Waals surface area (Å²) in [5, 5.41) is 2.98. The number of methoxy groups -OCH3 is 1. The Bertz CT molecular complexity index is 901. The van der Waals surface area contributed by atoms with Crippen LogP contribution in [0.15, 0.2) is 48.0 Å². The number of hydrogen-bond donors (Lipinski definition) is 1. The molecule has 152 valence electrons. The zero-order chi connectivity index (χ0) is 20.2. The molecule has 4 nitrogen and oxygen atoms in total. The highest BCUT2D eigenvalue weighted by molar-refractivity contribution is 5.98. The van der Waals surface area contributed by atoms with E-state index in [0.29, 0.717) is 18.5 Å². The molecule has 0 spiro atoms. The molecule has 1 aliphatic heterocycles. The van der Waals surface area contributed by atoms with Crippen molar-refractivity contribution in [2.75, 3.05) is 13.7 Å². The number of nitrogens with one attached hydrogen (secondary N) is 1. The van der Waals surface area contributed by atoms with E-state index in [2.05, 4.69) is 11.4 Å². The number of piperidine rings is 1. The highest BCUT2D eigenvalue weighted by atomic mass is 19.1. The fourth-order valence-electron chi connectivity index (χ4n) is 4.11. The number of carbonyl (C=O) groups is 1. The summed E-state index contributed by atoms with van der Waals surface area (Å²) >= 11 is 0. The fourth-order valence-corrected chi connectivity index (χ4v) is 4.11. The zero-order valence-corrected chi connectivity index (χ0v) is 16.6. The Hall–Kier alpha value is -2.82. The second-order valence-electron chi connectivity index (χ2n) is 7.77. The van der Waals surface area contributed by atoms with E-state index in [1.165, 1.54) is 25.0 Å². The molecule has 2 aromatic carbocycles. The monoisotopic (exact) mass is 395 g/mol. The van der Waals surface area contributed by atoms with Gasteiger partial charge in [-0.1, -0.05) is 18.2 Å². The van der Waals surface area contributed by atoms with E-state index in [-0.39, 0.29) is 23.7 Å². The number of ether oxygens (including phenoxy) is 2. The minimum absolute atomic E-state index is 0.0680. The van der Waals surface area contributed by atoms with E-state index in [4.69, 9.17) is 9.47 Å². The predicted octanol–water partition coefficient (Wildman–Crippen LogP) is 4.84. The Balaban J connectivity index is 1.55. The van der Waals surface area contributed by atoms with Crippen LogP contribution in [0.3, 0.4) is 0 Å². The Morgan fingerprint density at radius 1 is 1.07 bits per heavy atom. The number of benzene rings is 2. The van der Waals surface area contributed by atoms with Crippen molar-refractivity contribution in [2.45, 2.75) is 44.1 Å². The molecule has 1 N–H and O–H groups in total. The molecule has 5 heteroatoms. The normalized spacial score (nSPS) is 21.2. The smallest absolute Gasteiger partial charge is 0.247 e. The Kier molecular flexibility index (Phi) is 5.84. The molecule has 1 atom stereocenters. The molecule has 29 heavy (non-hydrogen) atoms. The van der Waals surface area contributed by atoms with Gasteiger partial charge in [0.1, 0.15) is 5.82 Å². The molecule has 0 radical (unpaired) electrons. The lowest BCUT2D eigenvalue weighted by molar-refractivity contribution is -0.118. The molecule has 4 rings (SSSR count). The van der Waals surface area contributed by atoms with Crippen LogP contribution in [0.2, 0.25) is 0 Å². The third-order valence-corrected chi connectivity index (χ3v) is 5.73. The van der Waals surface area contributed by atoms with Crippen LogP contribution in [-0.4, -0.2) is 25.7 Å². The Morgan fingerprint density at radius 3 is 2.55 bits per heavy atom. The fraction of sp³-hybridized carbons (Fsp3) is 0.375. The Labute approximate surface area is 170 Å². The Morgan fingerprint density at radius 2 is 1.83 bits per heavy atom. The lowest BCUT2D eigenvalue weighted by Gasteiger charge is -2.26. The molecule has 1 aliphatic carbocycles. The van der Waals surface area contributed by atoms with Crippen molar-refractivity contribution in [1.82, 2.24) is 5.32 Å². The van der Waals surface area contributed by atoms with Gasteiger partial charge in [-0.25, -0.2) is 4.39 Å². The van der Waals surface area contributed by atoms with Crippen molar-refractivity contribution < 1.29 is 18.7 Å². The topological polar surface area (TPSA) is 47.6 Å². The van der Waals surface area contributed by atoms with E-state index < -0.39 is 0 Å². The lowest BCUT2D eigenvalue weighted by atomic mass is 9.87. The molecule has 1 amide bonds. The second kappa shape index (κ2) is 8.68. The van der Waals surface area contributed by atoms with Gasteiger partial charge in [-0.05, 0) is 73.6 Å². The summed E-state index contributed by atoms with van der Waals surface area (Å²) in [6, 6.07) is 12.2. The van der Waals surface area contributed by atoms with E-state index in [1.54, 1.807) is 19.2 Å². The highest BCUT2D eigenvalue weighted by Crippen LogP contribution is 2.36. The maximum Gasteiger partial charge on any atom is 0.247 e. The van der Waals surface area contributed by atoms with E-state index in [9.17, 15) is 9.18 Å². The van der Waals surface area contributed by atoms with E-state index in [0.717, 1.165) is 35.5 Å². The van der Waals surface area contributed by atoms with Gasteiger partial charge in [-0.2, -0.15) is 0 Å². The summed E-state index contributed by atoms with van der Waals surface area (Å²) in [5.41, 5.74) is 2.63. The molecule has 2 fully saturated rings. The van der Waals surface area contributed by atoms with Crippen LogP contribution in [-0.2, 0) is 4.79 Å². The molecule has 1 saturated heterocycles. The van der Waals surface area contributed by atoms with Crippen molar-refractivity contribution >= 4 is 12.0 Å². The van der Waals surface area contributed by atoms with Crippen molar-refractivity contribution in [1.29, 1.82) is 0 Å². The standard InChI is InChI=1S/C24H26FNO3/c1-28-22-11-8-17(14-23(22)29-21-4-2-3-5-21)19-13-18(24(27)26-15-19)12-16-6-9-20(25)10-7-16/h6-12,14,19,21H,2-5,13,15H2,1H3,(H,26,27)/b18-12+/t19-/m1/s1. The van der Waals surface area contributed by atoms with Crippen LogP contribution < -0.4 is 14.8 Å². The number of hydrogen-bond acceptors (Lipinski definition) is 3. The quantitative estimate of drug-likeness (QED) is 0.737. The molecule has 1 heterocycles. The van der Waals surface area contributed by atoms with Gasteiger partial charge < -0.3 is 14.8 Å². The molecular formula is C24H26FNO3. The van der Waals surface area contributed by atoms with Crippen LogP contribution in [0.1, 0.15) is 49.1 Å². The minimum atomic E-state index is -0.286. The van der Waals surface area contributed by atoms with Crippen molar-refractivity contribution in [2.24, 2.45) is 0 Å². The van der Waals surface area contributed by atoms with Crippen LogP contribution >= 0.6 is 0 Å². The molecule has 2 aromatic rings. The summed E-state index contributed by atoms with van der Waals surface area (Å²) in [4.78, 5) is 12.3. The lowest BCUT2D eigenvalue weighted by Crippen LogP contribution is -2.35. The maximum atomic E-state index is 13.1. The average Bonchev–Trinajstić information content (AvgIpc) is 3.24. The summed E-state index contributed by atoms with van der Waals surface area (Å²) < 4.78 is 24.9. The number of amides is 1. The zero-order valence-electron chi connectivity index (χ0n) is 16.6. The first-order chi connectivity index (χ1) is 14.1. The van der Waals surface area contributed by atoms with Crippen LogP contribution in [0.5, 0.6) is 11.5 Å². The first-order valence-electron chi connectivity index (χ1n) is 10.2. The number of halogens is 1. The van der Waals surface area contributed by atoms with Crippen molar-refractivity contribution in [3.8, 4) is 11.5 Å². The first-order valence-corrected chi connectivity index (χ1v) is 10.2. The molecule has 1 saturated carbocycles. The molecular weight excluding hydrogens is 369 g/mol. The summed E-state index contributed by atoms with van der Waals surface area (Å²) in [7, 11) is 1.65. The summed E-state index contributed by atoms with van der Waals surface area (Å²) in [6.07, 6.45) is 7.28. The maximum absolute atomic E-state index is 13.1. The molecule has 0 bridgehead atoms. The molecule has 2 aliphatic rings. The van der Waals surface area contributed by atoms with Crippen molar-refractivity contribution in [3.05, 3.63) is 65.0 Å². The highest BCUT2D eigenvalue weighted by Gasteiger charge is 2.26. The first kappa shape index (κ1) is 19.5. The second-order valence-corrected chi connectivity index (χ2v) is 7.77. The molecule has 0 unspecified atom stereocenters. The number of rotatable bonds is 5. The summed E-state index contributed by atoms with van der Waals surface area (Å²) in [5.74, 6) is 1.31. The number of carbonyl (C=O) groups excluding carboxylic acids is 1. The third kappa shape index (κ3) is 4.61. The van der Waals surface area contributed by atoms with E-state index >= 15 is 0 Å². The van der Waals surface area contributed by atoms with Gasteiger partial charge in [-0.3, -0.25) is 4.79 Å². The van der Waals surface area contributed by atoms with Crippen LogP contribution in [0.25, 0.3) is 6.08 Å². The average molecular weight is 395 g/mol. The summed E-state index contributed by atoms with van der Waals surface area (Å²) in [6.45, 7) is 0.578. The van der Waals surface area contributed by atoms with Gasteiger partial charge in [0.25, 0.3) is 0 Å². The van der Waals surface area contributed by atoms with Crippen molar-refractivity contribution in [3.63, 3.8) is 0 Å². The van der Waals surface area contributed by atoms with Crippen LogP contribution in [0.4, 0.5) is 4.39 Å². The van der Waals surface area contributed by atoms with Gasteiger partial charge in [0, 0.05) is 18.0 Å². The largest absolute Gasteiger partial charge is 0.493 e. The van der Waals surface area contributed by atoms with Crippen LogP contribution in [0, 0.1) is 5.82 Å². The third-order valence-electron chi connectivity index (χ3n) is 5.73. The van der Waals surface area contributed by atoms with Gasteiger partial charge in [0.2, 0.25) is 5.91 Å². The SMILES string of the molecule is COc1ccc([C@H]2CNC(=O)/C(=C/c3ccc(F)cc3)C2)cc1OC1CCCC1. The van der Waals surface area contributed by atoms with E-state index in [1.807, 2.05) is 18.2 Å². The van der Waals surface area contributed by atoms with Gasteiger partial charge in [-0.15, -0.1) is 0 Å². The van der Waals surface area contributed by atoms with Gasteiger partial charge in [0.15, 0.2) is 11.5 Å². The molecule has 0 aromatic heterocycles. The minimum Gasteiger partial charge on any atom is -0.493 e.